The Hall–Kier alpha value is -1.65. The van der Waals surface area contributed by atoms with Gasteiger partial charge < -0.3 is 11.1 Å². The number of rotatable bonds is 4. The van der Waals surface area contributed by atoms with Gasteiger partial charge in [-0.25, -0.2) is 0 Å². The van der Waals surface area contributed by atoms with E-state index in [1.807, 2.05) is 26.0 Å². The lowest BCUT2D eigenvalue weighted by molar-refractivity contribution is -0.118. The Morgan fingerprint density at radius 1 is 1.57 bits per heavy atom. The zero-order valence-corrected chi connectivity index (χ0v) is 8.32. The van der Waals surface area contributed by atoms with Crippen molar-refractivity contribution >= 4 is 11.7 Å². The number of primary amides is 1. The third kappa shape index (κ3) is 3.38. The van der Waals surface area contributed by atoms with E-state index in [4.69, 9.17) is 5.73 Å². The van der Waals surface area contributed by atoms with Crippen molar-refractivity contribution in [3.63, 3.8) is 0 Å². The minimum Gasteiger partial charge on any atom is -0.370 e. The lowest BCUT2D eigenvalue weighted by atomic mass is 10.2. The van der Waals surface area contributed by atoms with Crippen molar-refractivity contribution in [1.82, 2.24) is 10.2 Å². The van der Waals surface area contributed by atoms with Crippen LogP contribution in [0.5, 0.6) is 0 Å². The quantitative estimate of drug-likeness (QED) is 0.729. The molecule has 0 aliphatic carbocycles. The average Bonchev–Trinajstić information content (AvgIpc) is 2.07. The lowest BCUT2D eigenvalue weighted by Crippen LogP contribution is -2.24. The second-order valence-corrected chi connectivity index (χ2v) is 3.28. The number of hydrogen-bond donors (Lipinski definition) is 2. The summed E-state index contributed by atoms with van der Waals surface area (Å²) in [5.41, 5.74) is 5.92. The van der Waals surface area contributed by atoms with Gasteiger partial charge in [0.15, 0.2) is 0 Å². The Labute approximate surface area is 82.7 Å². The first-order valence-corrected chi connectivity index (χ1v) is 4.43. The Morgan fingerprint density at radius 2 is 2.29 bits per heavy atom. The maximum Gasteiger partial charge on any atom is 0.219 e. The van der Waals surface area contributed by atoms with Crippen LogP contribution in [0.3, 0.4) is 0 Å². The third-order valence-electron chi connectivity index (χ3n) is 1.70. The summed E-state index contributed by atoms with van der Waals surface area (Å²) in [5.74, 6) is 0.328. The van der Waals surface area contributed by atoms with Gasteiger partial charge in [-0.1, -0.05) is 0 Å². The summed E-state index contributed by atoms with van der Waals surface area (Å²) in [6.45, 7) is 3.73. The molecule has 5 nitrogen and oxygen atoms in total. The Morgan fingerprint density at radius 3 is 2.79 bits per heavy atom. The minimum absolute atomic E-state index is 0.0236. The van der Waals surface area contributed by atoms with Gasteiger partial charge in [-0.15, -0.1) is 5.10 Å². The smallest absolute Gasteiger partial charge is 0.219 e. The summed E-state index contributed by atoms with van der Waals surface area (Å²) >= 11 is 0. The van der Waals surface area contributed by atoms with Crippen molar-refractivity contribution in [2.75, 3.05) is 5.32 Å². The molecule has 1 unspecified atom stereocenters. The standard InChI is InChI=1S/C9H14N4O/c1-6-3-4-9(13-12-6)11-7(2)5-8(10)14/h3-4,7H,5H2,1-2H3,(H2,10,14)(H,11,13). The van der Waals surface area contributed by atoms with Crippen LogP contribution in [0.1, 0.15) is 19.0 Å². The van der Waals surface area contributed by atoms with Crippen molar-refractivity contribution in [1.29, 1.82) is 0 Å². The number of anilines is 1. The molecule has 1 heterocycles. The van der Waals surface area contributed by atoms with Crippen LogP contribution < -0.4 is 11.1 Å². The normalized spacial score (nSPS) is 12.1. The Kier molecular flexibility index (Phi) is 3.39. The van der Waals surface area contributed by atoms with E-state index in [-0.39, 0.29) is 18.4 Å². The molecule has 1 atom stereocenters. The molecule has 0 bridgehead atoms. The zero-order chi connectivity index (χ0) is 10.6. The average molecular weight is 194 g/mol. The Bertz CT molecular complexity index is 309. The molecule has 5 heteroatoms. The maximum absolute atomic E-state index is 10.6. The summed E-state index contributed by atoms with van der Waals surface area (Å²) in [6.07, 6.45) is 0.287. The van der Waals surface area contributed by atoms with Crippen molar-refractivity contribution in [2.24, 2.45) is 5.73 Å². The monoisotopic (exact) mass is 194 g/mol. The topological polar surface area (TPSA) is 80.9 Å². The van der Waals surface area contributed by atoms with Gasteiger partial charge in [-0.3, -0.25) is 4.79 Å². The first-order chi connectivity index (χ1) is 6.58. The molecule has 14 heavy (non-hydrogen) atoms. The van der Waals surface area contributed by atoms with Gasteiger partial charge in [0.1, 0.15) is 5.82 Å². The molecule has 76 valence electrons. The van der Waals surface area contributed by atoms with E-state index in [1.165, 1.54) is 0 Å². The fraction of sp³-hybridized carbons (Fsp3) is 0.444. The number of nitrogens with one attached hydrogen (secondary N) is 1. The summed E-state index contributed by atoms with van der Waals surface area (Å²) in [4.78, 5) is 10.6. The summed E-state index contributed by atoms with van der Waals surface area (Å²) < 4.78 is 0. The minimum atomic E-state index is -0.329. The SMILES string of the molecule is Cc1ccc(NC(C)CC(N)=O)nn1. The number of aromatic nitrogens is 2. The van der Waals surface area contributed by atoms with Gasteiger partial charge in [0.05, 0.1) is 5.69 Å². The first kappa shape index (κ1) is 10.4. The maximum atomic E-state index is 10.6. The highest BCUT2D eigenvalue weighted by Crippen LogP contribution is 2.04. The van der Waals surface area contributed by atoms with Gasteiger partial charge in [-0.05, 0) is 26.0 Å². The van der Waals surface area contributed by atoms with Crippen LogP contribution in [0.15, 0.2) is 12.1 Å². The number of carbonyl (C=O) groups excluding carboxylic acids is 1. The van der Waals surface area contributed by atoms with Gasteiger partial charge in [0.25, 0.3) is 0 Å². The first-order valence-electron chi connectivity index (χ1n) is 4.43. The van der Waals surface area contributed by atoms with Crippen LogP contribution >= 0.6 is 0 Å². The van der Waals surface area contributed by atoms with E-state index in [0.717, 1.165) is 5.69 Å². The highest BCUT2D eigenvalue weighted by atomic mass is 16.1. The lowest BCUT2D eigenvalue weighted by Gasteiger charge is -2.11. The molecular weight excluding hydrogens is 180 g/mol. The van der Waals surface area contributed by atoms with Crippen molar-refractivity contribution in [3.8, 4) is 0 Å². The second kappa shape index (κ2) is 4.55. The summed E-state index contributed by atoms with van der Waals surface area (Å²) in [6, 6.07) is 3.65. The second-order valence-electron chi connectivity index (χ2n) is 3.28. The number of nitrogens with two attached hydrogens (primary N) is 1. The van der Waals surface area contributed by atoms with Gasteiger partial charge in [-0.2, -0.15) is 5.10 Å². The molecule has 0 fully saturated rings. The molecular formula is C9H14N4O. The van der Waals surface area contributed by atoms with Crippen molar-refractivity contribution in [3.05, 3.63) is 17.8 Å². The predicted molar refractivity (Wildman–Crippen MR) is 53.7 cm³/mol. The van der Waals surface area contributed by atoms with E-state index in [9.17, 15) is 4.79 Å². The largest absolute Gasteiger partial charge is 0.370 e. The van der Waals surface area contributed by atoms with Crippen LogP contribution in [-0.2, 0) is 4.79 Å². The molecule has 1 rings (SSSR count). The van der Waals surface area contributed by atoms with Crippen LogP contribution in [0.2, 0.25) is 0 Å². The molecule has 0 spiro atoms. The zero-order valence-electron chi connectivity index (χ0n) is 8.32. The van der Waals surface area contributed by atoms with Crippen LogP contribution in [0, 0.1) is 6.92 Å². The van der Waals surface area contributed by atoms with E-state index in [0.29, 0.717) is 5.82 Å². The number of aryl methyl sites for hydroxylation is 1. The van der Waals surface area contributed by atoms with Crippen LogP contribution in [-0.4, -0.2) is 22.1 Å². The van der Waals surface area contributed by atoms with E-state index in [2.05, 4.69) is 15.5 Å². The van der Waals surface area contributed by atoms with Crippen LogP contribution in [0.25, 0.3) is 0 Å². The van der Waals surface area contributed by atoms with Gasteiger partial charge >= 0.3 is 0 Å². The Balaban J connectivity index is 2.51. The molecule has 0 aliphatic heterocycles. The predicted octanol–water partition coefficient (Wildman–Crippen LogP) is 0.461. The molecule has 0 saturated heterocycles. The number of nitrogens with zero attached hydrogens (tertiary/aromatic N) is 2. The van der Waals surface area contributed by atoms with E-state index >= 15 is 0 Å². The number of hydrogen-bond acceptors (Lipinski definition) is 4. The van der Waals surface area contributed by atoms with E-state index < -0.39 is 0 Å². The van der Waals surface area contributed by atoms with Crippen molar-refractivity contribution in [2.45, 2.75) is 26.3 Å². The third-order valence-corrected chi connectivity index (χ3v) is 1.70. The molecule has 3 N–H and O–H groups in total. The van der Waals surface area contributed by atoms with E-state index in [1.54, 1.807) is 0 Å². The highest BCUT2D eigenvalue weighted by molar-refractivity contribution is 5.74. The van der Waals surface area contributed by atoms with Crippen LogP contribution in [0.4, 0.5) is 5.82 Å². The fourth-order valence-corrected chi connectivity index (χ4v) is 1.08. The number of carbonyl (C=O) groups is 1. The molecule has 1 amide bonds. The molecule has 1 aromatic heterocycles. The molecule has 0 saturated carbocycles. The number of amides is 1. The molecule has 0 aromatic carbocycles. The van der Waals surface area contributed by atoms with Gasteiger partial charge in [0.2, 0.25) is 5.91 Å². The summed E-state index contributed by atoms with van der Waals surface area (Å²) in [5, 5.41) is 10.8. The molecule has 1 aromatic rings. The fourth-order valence-electron chi connectivity index (χ4n) is 1.08. The molecule has 0 aliphatic rings. The van der Waals surface area contributed by atoms with Crippen molar-refractivity contribution < 1.29 is 4.79 Å². The molecule has 0 radical (unpaired) electrons. The highest BCUT2D eigenvalue weighted by Gasteiger charge is 2.06. The summed E-state index contributed by atoms with van der Waals surface area (Å²) in [7, 11) is 0. The van der Waals surface area contributed by atoms with Gasteiger partial charge in [0, 0.05) is 12.5 Å².